The number of hydrogen-bond acceptors (Lipinski definition) is 0. The molecule has 0 amide bonds. The minimum absolute atomic E-state index is 0.0767. The molecule has 2 aromatic rings. The average molecular weight is 842 g/mol. The predicted molar refractivity (Wildman–Crippen MR) is 235 cm³/mol. The second kappa shape index (κ2) is 35.6. The lowest BCUT2D eigenvalue weighted by Crippen LogP contribution is -3.61. The monoisotopic (exact) mass is 842 g/mol. The Morgan fingerprint density at radius 2 is 0.566 bits per heavy atom. The highest BCUT2D eigenvalue weighted by atomic mass is 127. The van der Waals surface area contributed by atoms with Crippen LogP contribution in [0.15, 0.2) is 48.5 Å². The Labute approximate surface area is 343 Å². The lowest BCUT2D eigenvalue weighted by molar-refractivity contribution is -0.597. The molecular weight excluding hydrogens is 751 g/mol. The molecule has 2 atom stereocenters. The maximum atomic E-state index is 2.49. The average Bonchev–Trinajstić information content (AvgIpc) is 3.17. The lowest BCUT2D eigenvalue weighted by Gasteiger charge is -2.11. The first kappa shape index (κ1) is 48.3. The van der Waals surface area contributed by atoms with Gasteiger partial charge in [0, 0.05) is 0 Å². The summed E-state index contributed by atoms with van der Waals surface area (Å²) < 4.78 is 3.11. The van der Waals surface area contributed by atoms with Gasteiger partial charge in [0.25, 0.3) is 0 Å². The molecule has 0 spiro atoms. The van der Waals surface area contributed by atoms with Crippen LogP contribution in [0.2, 0.25) is 0 Å². The third-order valence-electron chi connectivity index (χ3n) is 12.0. The van der Waals surface area contributed by atoms with E-state index in [0.717, 1.165) is 11.8 Å². The maximum absolute atomic E-state index is 2.49. The molecule has 0 aliphatic heterocycles. The Kier molecular flexibility index (Phi) is 32.4. The van der Waals surface area contributed by atoms with Crippen molar-refractivity contribution in [1.29, 1.82) is 0 Å². The number of rotatable bonds is 38. The van der Waals surface area contributed by atoms with Gasteiger partial charge in [0.05, 0.1) is 0 Å². The molecule has 304 valence electrons. The number of benzene rings is 2. The summed E-state index contributed by atoms with van der Waals surface area (Å²) in [5, 5.41) is 0. The molecule has 53 heavy (non-hydrogen) atoms. The minimum atomic E-state index is -0.0767. The highest BCUT2D eigenvalue weighted by Crippen LogP contribution is 2.21. The first-order chi connectivity index (χ1) is 26.1. The second-order valence-electron chi connectivity index (χ2n) is 17.4. The van der Waals surface area contributed by atoms with Gasteiger partial charge in [-0.05, 0) is 72.9 Å². The Balaban J connectivity index is 1.40. The van der Waals surface area contributed by atoms with Gasteiger partial charge in [0.1, 0.15) is 0 Å². The van der Waals surface area contributed by atoms with Gasteiger partial charge in [0.2, 0.25) is 0 Å². The smallest absolute Gasteiger partial charge is 0.0654 e. The Morgan fingerprint density at radius 3 is 0.849 bits per heavy atom. The summed E-state index contributed by atoms with van der Waals surface area (Å²) in [4.78, 5) is 0. The zero-order valence-electron chi connectivity index (χ0n) is 36.2. The molecule has 0 nitrogen and oxygen atoms in total. The second-order valence-corrected chi connectivity index (χ2v) is 20.4. The van der Waals surface area contributed by atoms with E-state index >= 15 is 0 Å². The maximum Gasteiger partial charge on any atom is 0.357 e. The van der Waals surface area contributed by atoms with E-state index < -0.39 is 0 Å². The van der Waals surface area contributed by atoms with Crippen molar-refractivity contribution in [2.24, 2.45) is 11.8 Å². The molecule has 0 fully saturated rings. The normalized spacial score (nSPS) is 12.8. The van der Waals surface area contributed by atoms with E-state index in [4.69, 9.17) is 0 Å². The van der Waals surface area contributed by atoms with E-state index in [1.807, 2.05) is 0 Å². The summed E-state index contributed by atoms with van der Waals surface area (Å²) in [7, 11) is 0. The van der Waals surface area contributed by atoms with Gasteiger partial charge in [-0.2, -0.15) is 0 Å². The molecule has 1 heteroatoms. The first-order valence-corrected chi connectivity index (χ1v) is 26.1. The number of halogens is 1. The van der Waals surface area contributed by atoms with Crippen LogP contribution in [0.3, 0.4) is 0 Å². The van der Waals surface area contributed by atoms with E-state index in [9.17, 15) is 0 Å². The van der Waals surface area contributed by atoms with Crippen LogP contribution in [-0.4, -0.2) is 0 Å². The van der Waals surface area contributed by atoms with Crippen LogP contribution in [0.5, 0.6) is 0 Å². The molecule has 0 saturated carbocycles. The highest BCUT2D eigenvalue weighted by molar-refractivity contribution is 5.16. The fraction of sp³-hybridized carbons (Fsp3) is 0.769. The minimum Gasteiger partial charge on any atom is -0.0654 e. The summed E-state index contributed by atoms with van der Waals surface area (Å²) in [5.41, 5.74) is 3.07. The van der Waals surface area contributed by atoms with Gasteiger partial charge >= 0.3 is 21.2 Å². The largest absolute Gasteiger partial charge is 0.357 e. The number of hydrogen-bond donors (Lipinski definition) is 0. The van der Waals surface area contributed by atoms with E-state index in [0.29, 0.717) is 0 Å². The third-order valence-corrected chi connectivity index (χ3v) is 14.7. The Morgan fingerprint density at radius 1 is 0.321 bits per heavy atom. The highest BCUT2D eigenvalue weighted by Gasteiger charge is 2.15. The van der Waals surface area contributed by atoms with Crippen molar-refractivity contribution in [1.82, 2.24) is 0 Å². The van der Waals surface area contributed by atoms with Crippen LogP contribution < -0.4 is 21.2 Å². The van der Waals surface area contributed by atoms with Crippen LogP contribution in [0.4, 0.5) is 0 Å². The van der Waals surface area contributed by atoms with Crippen LogP contribution in [0.25, 0.3) is 0 Å². The van der Waals surface area contributed by atoms with Crippen molar-refractivity contribution in [2.45, 2.75) is 246 Å². The van der Waals surface area contributed by atoms with Crippen molar-refractivity contribution in [3.8, 4) is 0 Å². The van der Waals surface area contributed by atoms with E-state index in [-0.39, 0.29) is 21.2 Å². The molecular formula is C52H90I+. The van der Waals surface area contributed by atoms with Crippen LogP contribution >= 0.6 is 0 Å². The molecule has 0 aliphatic carbocycles. The van der Waals surface area contributed by atoms with Gasteiger partial charge in [-0.3, -0.25) is 0 Å². The van der Waals surface area contributed by atoms with E-state index in [2.05, 4.69) is 76.2 Å². The molecule has 2 aromatic carbocycles. The molecule has 0 saturated heterocycles. The fourth-order valence-corrected chi connectivity index (χ4v) is 10.3. The summed E-state index contributed by atoms with van der Waals surface area (Å²) in [6.07, 6.45) is 48.5. The van der Waals surface area contributed by atoms with Gasteiger partial charge < -0.3 is 0 Å². The van der Waals surface area contributed by atoms with Crippen LogP contribution in [-0.2, 0) is 12.8 Å². The standard InChI is InChI=1S/C52H90I/c1-5-7-9-11-13-15-21-27-33-47(3)35-29-23-17-19-25-31-37-49-39-43-51(44-40-49)53-52-45-41-50(42-46-52)38-32-26-20-18-24-30-36-48(4)34-28-22-16-14-12-10-8-6-2/h39-48H,5-38H2,1-4H3/q+1. The first-order valence-electron chi connectivity index (χ1n) is 23.9. The van der Waals surface area contributed by atoms with E-state index in [1.165, 1.54) is 229 Å². The Hall–Kier alpha value is -0.830. The van der Waals surface area contributed by atoms with Crippen LogP contribution in [0.1, 0.15) is 244 Å². The van der Waals surface area contributed by atoms with Crippen molar-refractivity contribution < 1.29 is 21.2 Å². The molecule has 0 bridgehead atoms. The predicted octanol–water partition coefficient (Wildman–Crippen LogP) is 14.7. The van der Waals surface area contributed by atoms with E-state index in [1.54, 1.807) is 7.14 Å². The molecule has 0 heterocycles. The van der Waals surface area contributed by atoms with Crippen molar-refractivity contribution in [2.75, 3.05) is 0 Å². The van der Waals surface area contributed by atoms with Gasteiger partial charge in [-0.15, -0.1) is 0 Å². The zero-order chi connectivity index (χ0) is 37.9. The van der Waals surface area contributed by atoms with Gasteiger partial charge in [0.15, 0.2) is 7.14 Å². The molecule has 0 aromatic heterocycles. The summed E-state index contributed by atoms with van der Waals surface area (Å²) >= 11 is -0.0767. The molecule has 2 rings (SSSR count). The number of unbranched alkanes of at least 4 members (excludes halogenated alkanes) is 24. The molecule has 0 aliphatic rings. The van der Waals surface area contributed by atoms with Gasteiger partial charge in [-0.25, -0.2) is 0 Å². The number of aryl methyl sites for hydroxylation is 2. The Bertz CT molecular complexity index is 939. The SMILES string of the molecule is CCCCCCCCCCC(C)CCCCCCCCc1ccc([I+]c2ccc(CCCCCCCCC(C)CCCCCCCCCC)cc2)cc1. The van der Waals surface area contributed by atoms with Crippen LogP contribution in [0, 0.1) is 19.0 Å². The van der Waals surface area contributed by atoms with Crippen molar-refractivity contribution >= 4 is 0 Å². The molecule has 0 N–H and O–H groups in total. The summed E-state index contributed by atoms with van der Waals surface area (Å²) in [5.74, 6) is 1.87. The molecule has 0 radical (unpaired) electrons. The third kappa shape index (κ3) is 29.1. The topological polar surface area (TPSA) is 0 Å². The lowest BCUT2D eigenvalue weighted by atomic mass is 9.95. The zero-order valence-corrected chi connectivity index (χ0v) is 38.4. The summed E-state index contributed by atoms with van der Waals surface area (Å²) in [6.45, 7) is 9.61. The van der Waals surface area contributed by atoms with Crippen molar-refractivity contribution in [3.63, 3.8) is 0 Å². The summed E-state index contributed by atoms with van der Waals surface area (Å²) in [6, 6.07) is 19.3. The quantitative estimate of drug-likeness (QED) is 0.0467. The van der Waals surface area contributed by atoms with Crippen molar-refractivity contribution in [3.05, 3.63) is 66.8 Å². The fourth-order valence-electron chi connectivity index (χ4n) is 8.15. The van der Waals surface area contributed by atoms with Gasteiger partial charge in [-0.1, -0.05) is 245 Å². The molecule has 2 unspecified atom stereocenters.